The van der Waals surface area contributed by atoms with Gasteiger partial charge in [-0.15, -0.1) is 0 Å². The molecule has 1 amide bonds. The number of nitriles is 1. The predicted octanol–water partition coefficient (Wildman–Crippen LogP) is 3.00. The summed E-state index contributed by atoms with van der Waals surface area (Å²) in [5.74, 6) is 0.847. The SMILES string of the molecule is CC(C)C(=O)NCCNCc1cccc(OCc2ccccc2C#N)c1. The number of nitrogens with one attached hydrogen (secondary N) is 2. The van der Waals surface area contributed by atoms with Crippen molar-refractivity contribution < 1.29 is 9.53 Å². The first-order valence-electron chi connectivity index (χ1n) is 8.78. The second-order valence-corrected chi connectivity index (χ2v) is 6.33. The minimum absolute atomic E-state index is 0.00925. The van der Waals surface area contributed by atoms with Crippen molar-refractivity contribution in [2.75, 3.05) is 13.1 Å². The topological polar surface area (TPSA) is 74.2 Å². The Morgan fingerprint density at radius 2 is 1.96 bits per heavy atom. The summed E-state index contributed by atoms with van der Waals surface area (Å²) in [6, 6.07) is 17.5. The van der Waals surface area contributed by atoms with Crippen LogP contribution in [0.25, 0.3) is 0 Å². The van der Waals surface area contributed by atoms with E-state index in [0.29, 0.717) is 31.8 Å². The zero-order valence-corrected chi connectivity index (χ0v) is 15.3. The van der Waals surface area contributed by atoms with E-state index in [1.165, 1.54) is 0 Å². The second-order valence-electron chi connectivity index (χ2n) is 6.33. The highest BCUT2D eigenvalue weighted by molar-refractivity contribution is 5.77. The molecule has 0 bridgehead atoms. The number of benzene rings is 2. The molecule has 0 aliphatic heterocycles. The molecule has 0 aliphatic carbocycles. The largest absolute Gasteiger partial charge is 0.489 e. The van der Waals surface area contributed by atoms with Crippen molar-refractivity contribution in [3.8, 4) is 11.8 Å². The molecule has 0 spiro atoms. The fraction of sp³-hybridized carbons (Fsp3) is 0.333. The molecule has 2 rings (SSSR count). The maximum Gasteiger partial charge on any atom is 0.222 e. The van der Waals surface area contributed by atoms with Crippen LogP contribution < -0.4 is 15.4 Å². The van der Waals surface area contributed by atoms with Crippen LogP contribution >= 0.6 is 0 Å². The molecule has 5 nitrogen and oxygen atoms in total. The Morgan fingerprint density at radius 1 is 1.15 bits per heavy atom. The normalized spacial score (nSPS) is 10.4. The average molecular weight is 351 g/mol. The molecule has 136 valence electrons. The van der Waals surface area contributed by atoms with E-state index < -0.39 is 0 Å². The summed E-state index contributed by atoms with van der Waals surface area (Å²) >= 11 is 0. The lowest BCUT2D eigenvalue weighted by Gasteiger charge is -2.11. The molecule has 0 fully saturated rings. The third kappa shape index (κ3) is 6.23. The van der Waals surface area contributed by atoms with Crippen LogP contribution in [0, 0.1) is 17.2 Å². The minimum Gasteiger partial charge on any atom is -0.489 e. The second kappa shape index (κ2) is 10.2. The van der Waals surface area contributed by atoms with Crippen LogP contribution in [-0.2, 0) is 17.9 Å². The molecular formula is C21H25N3O2. The van der Waals surface area contributed by atoms with Gasteiger partial charge in [-0.1, -0.05) is 44.2 Å². The summed E-state index contributed by atoms with van der Waals surface area (Å²) < 4.78 is 5.82. The molecule has 0 saturated heterocycles. The van der Waals surface area contributed by atoms with E-state index in [4.69, 9.17) is 10.00 Å². The molecule has 0 radical (unpaired) electrons. The summed E-state index contributed by atoms with van der Waals surface area (Å²) in [4.78, 5) is 11.5. The van der Waals surface area contributed by atoms with Crippen molar-refractivity contribution in [3.05, 3.63) is 65.2 Å². The maximum absolute atomic E-state index is 11.5. The molecule has 0 unspecified atom stereocenters. The van der Waals surface area contributed by atoms with Crippen molar-refractivity contribution in [3.63, 3.8) is 0 Å². The van der Waals surface area contributed by atoms with E-state index in [2.05, 4.69) is 16.7 Å². The van der Waals surface area contributed by atoms with Gasteiger partial charge in [0.25, 0.3) is 0 Å². The fourth-order valence-corrected chi connectivity index (χ4v) is 2.37. The first-order valence-corrected chi connectivity index (χ1v) is 8.78. The smallest absolute Gasteiger partial charge is 0.222 e. The van der Waals surface area contributed by atoms with Gasteiger partial charge in [-0.25, -0.2) is 0 Å². The van der Waals surface area contributed by atoms with Crippen molar-refractivity contribution in [1.29, 1.82) is 5.26 Å². The van der Waals surface area contributed by atoms with Gasteiger partial charge in [-0.2, -0.15) is 5.26 Å². The summed E-state index contributed by atoms with van der Waals surface area (Å²) in [6.45, 7) is 6.13. The van der Waals surface area contributed by atoms with Crippen LogP contribution in [0.2, 0.25) is 0 Å². The monoisotopic (exact) mass is 351 g/mol. The molecule has 26 heavy (non-hydrogen) atoms. The Morgan fingerprint density at radius 3 is 2.73 bits per heavy atom. The Labute approximate surface area is 155 Å². The van der Waals surface area contributed by atoms with Crippen molar-refractivity contribution in [1.82, 2.24) is 10.6 Å². The quantitative estimate of drug-likeness (QED) is 0.681. The van der Waals surface area contributed by atoms with Gasteiger partial charge in [0.1, 0.15) is 12.4 Å². The fourth-order valence-electron chi connectivity index (χ4n) is 2.37. The summed E-state index contributed by atoms with van der Waals surface area (Å²) in [7, 11) is 0. The van der Waals surface area contributed by atoms with Crippen molar-refractivity contribution in [2.45, 2.75) is 27.0 Å². The number of carbonyl (C=O) groups excluding carboxylic acids is 1. The lowest BCUT2D eigenvalue weighted by molar-refractivity contribution is -0.123. The number of rotatable bonds is 9. The zero-order chi connectivity index (χ0) is 18.8. The molecule has 0 atom stereocenters. The summed E-state index contributed by atoms with van der Waals surface area (Å²) in [5.41, 5.74) is 2.61. The molecule has 2 N–H and O–H groups in total. The molecule has 0 aromatic heterocycles. The van der Waals surface area contributed by atoms with E-state index in [1.54, 1.807) is 6.07 Å². The van der Waals surface area contributed by atoms with Crippen molar-refractivity contribution >= 4 is 5.91 Å². The van der Waals surface area contributed by atoms with E-state index in [9.17, 15) is 4.79 Å². The van der Waals surface area contributed by atoms with Gasteiger partial charge < -0.3 is 15.4 Å². The van der Waals surface area contributed by atoms with Crippen LogP contribution in [0.3, 0.4) is 0 Å². The molecule has 2 aromatic rings. The van der Waals surface area contributed by atoms with Gasteiger partial charge in [0.05, 0.1) is 11.6 Å². The summed E-state index contributed by atoms with van der Waals surface area (Å²) in [6.07, 6.45) is 0. The predicted molar refractivity (Wildman–Crippen MR) is 101 cm³/mol. The third-order valence-corrected chi connectivity index (χ3v) is 3.89. The number of hydrogen-bond acceptors (Lipinski definition) is 4. The number of nitrogens with zero attached hydrogens (tertiary/aromatic N) is 1. The molecule has 0 heterocycles. The third-order valence-electron chi connectivity index (χ3n) is 3.89. The standard InChI is InChI=1S/C21H25N3O2/c1-16(2)21(25)24-11-10-23-14-17-6-5-9-20(12-17)26-15-19-8-4-3-7-18(19)13-22/h3-9,12,16,23H,10-11,14-15H2,1-2H3,(H,24,25). The van der Waals surface area contributed by atoms with Gasteiger partial charge in [0.15, 0.2) is 0 Å². The highest BCUT2D eigenvalue weighted by Crippen LogP contribution is 2.16. The first kappa shape index (κ1) is 19.5. The van der Waals surface area contributed by atoms with Crippen LogP contribution in [0.15, 0.2) is 48.5 Å². The molecule has 0 aliphatic rings. The minimum atomic E-state index is 0.00925. The van der Waals surface area contributed by atoms with Crippen molar-refractivity contribution in [2.24, 2.45) is 5.92 Å². The van der Waals surface area contributed by atoms with Crippen LogP contribution in [0.1, 0.15) is 30.5 Å². The highest BCUT2D eigenvalue weighted by atomic mass is 16.5. The Balaban J connectivity index is 1.79. The highest BCUT2D eigenvalue weighted by Gasteiger charge is 2.05. The lowest BCUT2D eigenvalue weighted by atomic mass is 10.1. The average Bonchev–Trinajstić information content (AvgIpc) is 2.66. The number of amides is 1. The Kier molecular flexibility index (Phi) is 7.66. The van der Waals surface area contributed by atoms with Crippen LogP contribution in [-0.4, -0.2) is 19.0 Å². The Bertz CT molecular complexity index is 766. The van der Waals surface area contributed by atoms with Gasteiger partial charge in [0, 0.05) is 31.1 Å². The van der Waals surface area contributed by atoms with Crippen LogP contribution in [0.4, 0.5) is 0 Å². The maximum atomic E-state index is 11.5. The molecule has 5 heteroatoms. The summed E-state index contributed by atoms with van der Waals surface area (Å²) in [5, 5.41) is 15.3. The van der Waals surface area contributed by atoms with E-state index in [0.717, 1.165) is 16.9 Å². The van der Waals surface area contributed by atoms with E-state index in [1.807, 2.05) is 56.3 Å². The van der Waals surface area contributed by atoms with Gasteiger partial charge >= 0.3 is 0 Å². The van der Waals surface area contributed by atoms with Gasteiger partial charge in [-0.05, 0) is 23.8 Å². The van der Waals surface area contributed by atoms with Crippen LogP contribution in [0.5, 0.6) is 5.75 Å². The first-order chi connectivity index (χ1) is 12.6. The number of ether oxygens (including phenoxy) is 1. The lowest BCUT2D eigenvalue weighted by Crippen LogP contribution is -2.34. The Hall–Kier alpha value is -2.84. The number of hydrogen-bond donors (Lipinski definition) is 2. The molecular weight excluding hydrogens is 326 g/mol. The molecule has 2 aromatic carbocycles. The van der Waals surface area contributed by atoms with E-state index in [-0.39, 0.29) is 11.8 Å². The van der Waals surface area contributed by atoms with Gasteiger partial charge in [0.2, 0.25) is 5.91 Å². The number of carbonyl (C=O) groups is 1. The zero-order valence-electron chi connectivity index (χ0n) is 15.3. The van der Waals surface area contributed by atoms with E-state index >= 15 is 0 Å². The molecule has 0 saturated carbocycles. The van der Waals surface area contributed by atoms with Gasteiger partial charge in [-0.3, -0.25) is 4.79 Å².